The fourth-order valence-electron chi connectivity index (χ4n) is 6.66. The maximum atomic E-state index is 5.32. The summed E-state index contributed by atoms with van der Waals surface area (Å²) in [6.07, 6.45) is 6.13. The van der Waals surface area contributed by atoms with Crippen molar-refractivity contribution in [2.24, 2.45) is 0 Å². The Morgan fingerprint density at radius 2 is 1.30 bits per heavy atom. The maximum Gasteiger partial charge on any atom is 0.0727 e. The summed E-state index contributed by atoms with van der Waals surface area (Å²) in [6, 6.07) is 41.2. The zero-order valence-corrected chi connectivity index (χ0v) is 25.6. The lowest BCUT2D eigenvalue weighted by Crippen LogP contribution is -2.18. The van der Waals surface area contributed by atoms with Crippen LogP contribution in [-0.4, -0.2) is 4.98 Å². The summed E-state index contributed by atoms with van der Waals surface area (Å²) in [5, 5.41) is 0. The Bertz CT molecular complexity index is 1920. The van der Waals surface area contributed by atoms with E-state index in [-0.39, 0.29) is 5.41 Å². The van der Waals surface area contributed by atoms with E-state index in [0.29, 0.717) is 0 Å². The standard InChI is InChI=1S/C41H33NS/c1-5-6-24-37-27(2)39-38(31-20-13-14-23-34(31)41(39,3)4)33-22-15-21-32(40(33)43-37)36-26-30(28-16-9-7-10-17-28)25-35(42-36)29-18-11-8-12-19-29/h5-26H,1H2,2-4H3/b24-6-. The molecule has 1 aromatic heterocycles. The van der Waals surface area contributed by atoms with Crippen molar-refractivity contribution in [2.75, 3.05) is 0 Å². The number of nitrogens with zero attached hydrogens (tertiary/aromatic N) is 1. The van der Waals surface area contributed by atoms with Crippen molar-refractivity contribution in [3.05, 3.63) is 173 Å². The van der Waals surface area contributed by atoms with E-state index in [2.05, 4.69) is 155 Å². The molecule has 0 bridgehead atoms. The summed E-state index contributed by atoms with van der Waals surface area (Å²) in [6.45, 7) is 11.0. The highest BCUT2D eigenvalue weighted by atomic mass is 32.2. The van der Waals surface area contributed by atoms with Crippen molar-refractivity contribution in [3.8, 4) is 33.6 Å². The van der Waals surface area contributed by atoms with E-state index < -0.39 is 0 Å². The van der Waals surface area contributed by atoms with Gasteiger partial charge in [-0.2, -0.15) is 0 Å². The number of hydrogen-bond acceptors (Lipinski definition) is 2. The van der Waals surface area contributed by atoms with Gasteiger partial charge in [0.05, 0.1) is 11.4 Å². The minimum absolute atomic E-state index is 0.118. The molecule has 1 aliphatic carbocycles. The number of benzene rings is 4. The fourth-order valence-corrected chi connectivity index (χ4v) is 7.84. The third kappa shape index (κ3) is 4.63. The predicted molar refractivity (Wildman–Crippen MR) is 184 cm³/mol. The largest absolute Gasteiger partial charge is 0.248 e. The highest BCUT2D eigenvalue weighted by molar-refractivity contribution is 8.03. The lowest BCUT2D eigenvalue weighted by Gasteiger charge is -2.26. The molecule has 208 valence electrons. The number of hydrogen-bond donors (Lipinski definition) is 0. The van der Waals surface area contributed by atoms with Gasteiger partial charge in [0.15, 0.2) is 0 Å². The minimum atomic E-state index is -0.118. The minimum Gasteiger partial charge on any atom is -0.248 e. The second-order valence-electron chi connectivity index (χ2n) is 11.6. The van der Waals surface area contributed by atoms with Crippen LogP contribution in [0.25, 0.3) is 39.2 Å². The van der Waals surface area contributed by atoms with E-state index >= 15 is 0 Å². The molecule has 5 aromatic rings. The average molecular weight is 572 g/mol. The average Bonchev–Trinajstić information content (AvgIpc) is 3.20. The zero-order valence-electron chi connectivity index (χ0n) is 24.8. The molecule has 0 saturated heterocycles. The Morgan fingerprint density at radius 1 is 0.674 bits per heavy atom. The SMILES string of the molecule is C=C/C=C\C1=C(C)C2=C(c3ccccc3C2(C)C)c2cccc(-c3cc(-c4ccccc4)cc(-c4ccccc4)n3)c2S1. The van der Waals surface area contributed by atoms with Crippen LogP contribution in [0.4, 0.5) is 0 Å². The molecule has 0 saturated carbocycles. The van der Waals surface area contributed by atoms with Crippen LogP contribution in [0.15, 0.2) is 161 Å². The molecule has 0 amide bonds. The summed E-state index contributed by atoms with van der Waals surface area (Å²) in [7, 11) is 0. The van der Waals surface area contributed by atoms with Gasteiger partial charge in [-0.05, 0) is 69.7 Å². The van der Waals surface area contributed by atoms with E-state index in [1.807, 2.05) is 17.8 Å². The van der Waals surface area contributed by atoms with Gasteiger partial charge in [-0.3, -0.25) is 0 Å². The van der Waals surface area contributed by atoms with Crippen molar-refractivity contribution >= 4 is 17.3 Å². The molecule has 1 aliphatic heterocycles. The van der Waals surface area contributed by atoms with Crippen LogP contribution in [-0.2, 0) is 5.41 Å². The van der Waals surface area contributed by atoms with E-state index in [1.165, 1.54) is 48.8 Å². The van der Waals surface area contributed by atoms with Crippen molar-refractivity contribution in [3.63, 3.8) is 0 Å². The molecule has 7 rings (SSSR count). The molecule has 1 nitrogen and oxygen atoms in total. The first-order valence-corrected chi connectivity index (χ1v) is 15.6. The predicted octanol–water partition coefficient (Wildman–Crippen LogP) is 11.3. The first-order chi connectivity index (χ1) is 21.0. The summed E-state index contributed by atoms with van der Waals surface area (Å²) < 4.78 is 0. The van der Waals surface area contributed by atoms with Crippen LogP contribution in [0.3, 0.4) is 0 Å². The van der Waals surface area contributed by atoms with Crippen LogP contribution in [0.5, 0.6) is 0 Å². The van der Waals surface area contributed by atoms with Crippen LogP contribution in [0, 0.1) is 0 Å². The van der Waals surface area contributed by atoms with Crippen molar-refractivity contribution in [2.45, 2.75) is 31.1 Å². The molecule has 2 heteroatoms. The highest BCUT2D eigenvalue weighted by Gasteiger charge is 2.41. The second kappa shape index (κ2) is 10.9. The van der Waals surface area contributed by atoms with Crippen LogP contribution >= 0.6 is 11.8 Å². The first-order valence-electron chi connectivity index (χ1n) is 14.8. The maximum absolute atomic E-state index is 5.32. The zero-order chi connectivity index (χ0) is 29.6. The van der Waals surface area contributed by atoms with E-state index in [4.69, 9.17) is 4.98 Å². The number of thioether (sulfide) groups is 1. The van der Waals surface area contributed by atoms with Gasteiger partial charge in [-0.15, -0.1) is 0 Å². The van der Waals surface area contributed by atoms with E-state index in [9.17, 15) is 0 Å². The Balaban J connectivity index is 1.52. The van der Waals surface area contributed by atoms with Crippen LogP contribution in [0.1, 0.15) is 37.5 Å². The number of aromatic nitrogens is 1. The van der Waals surface area contributed by atoms with Gasteiger partial charge in [0, 0.05) is 26.3 Å². The van der Waals surface area contributed by atoms with Gasteiger partial charge >= 0.3 is 0 Å². The molecule has 0 atom stereocenters. The number of allylic oxidation sites excluding steroid dienone is 5. The summed E-state index contributed by atoms with van der Waals surface area (Å²) in [4.78, 5) is 7.80. The van der Waals surface area contributed by atoms with Gasteiger partial charge in [0.1, 0.15) is 0 Å². The molecule has 0 radical (unpaired) electrons. The Kier molecular flexibility index (Phi) is 6.88. The summed E-state index contributed by atoms with van der Waals surface area (Å²) >= 11 is 1.85. The Hall–Kier alpha value is -4.66. The van der Waals surface area contributed by atoms with Gasteiger partial charge in [0.2, 0.25) is 0 Å². The number of fused-ring (bicyclic) bond motifs is 4. The molecular formula is C41H33NS. The molecule has 0 N–H and O–H groups in total. The fraction of sp³-hybridized carbons (Fsp3) is 0.0976. The first kappa shape index (κ1) is 27.2. The lowest BCUT2D eigenvalue weighted by molar-refractivity contribution is 0.645. The van der Waals surface area contributed by atoms with Gasteiger partial charge in [-0.1, -0.05) is 147 Å². The quantitative estimate of drug-likeness (QED) is 0.195. The normalized spacial score (nSPS) is 15.2. The molecular weight excluding hydrogens is 539 g/mol. The third-order valence-corrected chi connectivity index (χ3v) is 9.95. The molecule has 2 aliphatic rings. The number of rotatable bonds is 5. The smallest absolute Gasteiger partial charge is 0.0727 e. The second-order valence-corrected chi connectivity index (χ2v) is 12.7. The van der Waals surface area contributed by atoms with E-state index in [0.717, 1.165) is 28.1 Å². The summed E-state index contributed by atoms with van der Waals surface area (Å²) in [5.74, 6) is 0. The van der Waals surface area contributed by atoms with Crippen molar-refractivity contribution in [1.29, 1.82) is 0 Å². The summed E-state index contributed by atoms with van der Waals surface area (Å²) in [5.41, 5.74) is 14.5. The van der Waals surface area contributed by atoms with Crippen LogP contribution in [0.2, 0.25) is 0 Å². The van der Waals surface area contributed by atoms with Crippen molar-refractivity contribution in [1.82, 2.24) is 4.98 Å². The van der Waals surface area contributed by atoms with Crippen molar-refractivity contribution < 1.29 is 0 Å². The van der Waals surface area contributed by atoms with Gasteiger partial charge in [-0.25, -0.2) is 4.98 Å². The third-order valence-electron chi connectivity index (χ3n) is 8.65. The van der Waals surface area contributed by atoms with Gasteiger partial charge < -0.3 is 0 Å². The highest BCUT2D eigenvalue weighted by Crippen LogP contribution is 2.57. The Labute approximate surface area is 259 Å². The molecule has 0 fully saturated rings. The topological polar surface area (TPSA) is 12.9 Å². The molecule has 0 spiro atoms. The lowest BCUT2D eigenvalue weighted by atomic mass is 9.78. The molecule has 4 aromatic carbocycles. The van der Waals surface area contributed by atoms with E-state index in [1.54, 1.807) is 0 Å². The number of pyridine rings is 1. The molecule has 43 heavy (non-hydrogen) atoms. The monoisotopic (exact) mass is 571 g/mol. The van der Waals surface area contributed by atoms with Gasteiger partial charge in [0.25, 0.3) is 0 Å². The molecule has 2 heterocycles. The molecule has 0 unspecified atom stereocenters. The Morgan fingerprint density at radius 3 is 2.05 bits per heavy atom. The van der Waals surface area contributed by atoms with Crippen LogP contribution < -0.4 is 0 Å².